The van der Waals surface area contributed by atoms with Crippen LogP contribution in [0, 0.1) is 11.3 Å². The predicted molar refractivity (Wildman–Crippen MR) is 138 cm³/mol. The maximum atomic E-state index is 5.68. The first-order valence-corrected chi connectivity index (χ1v) is 14.5. The van der Waals surface area contributed by atoms with Crippen LogP contribution in [0.15, 0.2) is 0 Å². The Kier molecular flexibility index (Phi) is 5.95. The highest BCUT2D eigenvalue weighted by molar-refractivity contribution is 5.16. The van der Waals surface area contributed by atoms with Gasteiger partial charge in [-0.15, -0.1) is 0 Å². The van der Waals surface area contributed by atoms with Gasteiger partial charge in [0.2, 0.25) is 0 Å². The average Bonchev–Trinajstić information content (AvgIpc) is 3.41. The SMILES string of the molecule is CC(C)N1C[C@@H]2C[C@H]1CN2C(C)(C)N1CC2NC(C1)C2C(C)(C)N1CCC2(CCOCC2)CC1. The van der Waals surface area contributed by atoms with Crippen LogP contribution in [0.4, 0.5) is 0 Å². The number of piperidine rings is 2. The van der Waals surface area contributed by atoms with Gasteiger partial charge in [-0.25, -0.2) is 0 Å². The third kappa shape index (κ3) is 3.73. The molecule has 1 spiro atoms. The van der Waals surface area contributed by atoms with Gasteiger partial charge >= 0.3 is 0 Å². The number of hydrogen-bond acceptors (Lipinski definition) is 6. The summed E-state index contributed by atoms with van der Waals surface area (Å²) in [5.74, 6) is 0.773. The number of hydrogen-bond donors (Lipinski definition) is 1. The third-order valence-corrected chi connectivity index (χ3v) is 11.6. The zero-order chi connectivity index (χ0) is 23.9. The molecule has 1 N–H and O–H groups in total. The molecule has 7 rings (SSSR count). The molecule has 7 aliphatic rings. The van der Waals surface area contributed by atoms with Crippen LogP contribution in [0.2, 0.25) is 0 Å². The lowest BCUT2D eigenvalue weighted by Gasteiger charge is -2.65. The van der Waals surface area contributed by atoms with Crippen LogP contribution in [0.3, 0.4) is 0 Å². The number of likely N-dealkylation sites (tertiary alicyclic amines) is 3. The molecule has 4 atom stereocenters. The zero-order valence-corrected chi connectivity index (χ0v) is 22.9. The van der Waals surface area contributed by atoms with E-state index in [1.807, 2.05) is 0 Å². The van der Waals surface area contributed by atoms with E-state index in [4.69, 9.17) is 4.74 Å². The van der Waals surface area contributed by atoms with Gasteiger partial charge in [0, 0.05) is 81.1 Å². The second-order valence-corrected chi connectivity index (χ2v) is 14.0. The van der Waals surface area contributed by atoms with Gasteiger partial charge in [0.1, 0.15) is 0 Å². The summed E-state index contributed by atoms with van der Waals surface area (Å²) < 4.78 is 5.68. The molecule has 7 aliphatic heterocycles. The van der Waals surface area contributed by atoms with Gasteiger partial charge in [-0.2, -0.15) is 0 Å². The summed E-state index contributed by atoms with van der Waals surface area (Å²) in [7, 11) is 0. The van der Waals surface area contributed by atoms with E-state index in [0.717, 1.165) is 31.2 Å². The highest BCUT2D eigenvalue weighted by Gasteiger charge is 2.59. The Morgan fingerprint density at radius 3 is 2.03 bits per heavy atom. The van der Waals surface area contributed by atoms with Crippen molar-refractivity contribution in [3.8, 4) is 0 Å². The van der Waals surface area contributed by atoms with Crippen molar-refractivity contribution in [2.75, 3.05) is 52.5 Å². The van der Waals surface area contributed by atoms with Gasteiger partial charge in [0.25, 0.3) is 0 Å². The molecule has 7 fully saturated rings. The molecule has 2 unspecified atom stereocenters. The highest BCUT2D eigenvalue weighted by atomic mass is 16.5. The monoisotopic (exact) mass is 473 g/mol. The molecule has 7 heterocycles. The first-order chi connectivity index (χ1) is 16.1. The molecule has 6 heteroatoms. The molecule has 7 saturated heterocycles. The Bertz CT molecular complexity index is 740. The smallest absolute Gasteiger partial charge is 0.0684 e. The minimum atomic E-state index is 0.163. The number of nitrogens with zero attached hydrogens (tertiary/aromatic N) is 4. The number of rotatable bonds is 5. The maximum Gasteiger partial charge on any atom is 0.0684 e. The van der Waals surface area contributed by atoms with Crippen LogP contribution < -0.4 is 5.32 Å². The third-order valence-electron chi connectivity index (χ3n) is 11.6. The van der Waals surface area contributed by atoms with Crippen molar-refractivity contribution in [3.05, 3.63) is 0 Å². The van der Waals surface area contributed by atoms with Gasteiger partial charge in [-0.1, -0.05) is 0 Å². The minimum Gasteiger partial charge on any atom is -0.381 e. The van der Waals surface area contributed by atoms with E-state index < -0.39 is 0 Å². The molecular formula is C28H51N5O. The highest BCUT2D eigenvalue weighted by Crippen LogP contribution is 2.47. The predicted octanol–water partition coefficient (Wildman–Crippen LogP) is 2.83. The van der Waals surface area contributed by atoms with Crippen molar-refractivity contribution < 1.29 is 4.74 Å². The lowest BCUT2D eigenvalue weighted by Crippen LogP contribution is -2.82. The summed E-state index contributed by atoms with van der Waals surface area (Å²) in [5.41, 5.74) is 1.03. The molecule has 0 saturated carbocycles. The molecule has 0 aromatic rings. The van der Waals surface area contributed by atoms with Crippen molar-refractivity contribution in [2.45, 2.75) is 115 Å². The molecule has 194 valence electrons. The fourth-order valence-corrected chi connectivity index (χ4v) is 9.21. The van der Waals surface area contributed by atoms with Crippen LogP contribution in [-0.4, -0.2) is 113 Å². The van der Waals surface area contributed by atoms with E-state index in [-0.39, 0.29) is 11.2 Å². The van der Waals surface area contributed by atoms with E-state index in [1.165, 1.54) is 71.4 Å². The average molecular weight is 474 g/mol. The lowest BCUT2D eigenvalue weighted by atomic mass is 9.65. The zero-order valence-electron chi connectivity index (χ0n) is 22.9. The van der Waals surface area contributed by atoms with Crippen molar-refractivity contribution in [2.24, 2.45) is 11.3 Å². The van der Waals surface area contributed by atoms with E-state index in [0.29, 0.717) is 23.5 Å². The number of fused-ring (bicyclic) bond motifs is 4. The van der Waals surface area contributed by atoms with Crippen molar-refractivity contribution in [1.82, 2.24) is 24.9 Å². The van der Waals surface area contributed by atoms with Crippen LogP contribution in [0.5, 0.6) is 0 Å². The molecule has 4 bridgehead atoms. The van der Waals surface area contributed by atoms with E-state index in [9.17, 15) is 0 Å². The van der Waals surface area contributed by atoms with E-state index >= 15 is 0 Å². The second-order valence-electron chi connectivity index (χ2n) is 14.0. The quantitative estimate of drug-likeness (QED) is 0.661. The Morgan fingerprint density at radius 1 is 0.824 bits per heavy atom. The number of piperazine rings is 2. The van der Waals surface area contributed by atoms with E-state index in [2.05, 4.69) is 66.5 Å². The minimum absolute atomic E-state index is 0.163. The summed E-state index contributed by atoms with van der Waals surface area (Å²) in [6.45, 7) is 24.3. The Labute approximate surface area is 208 Å². The summed E-state index contributed by atoms with van der Waals surface area (Å²) >= 11 is 0. The number of nitrogens with one attached hydrogen (secondary N) is 1. The van der Waals surface area contributed by atoms with Crippen LogP contribution in [0.1, 0.15) is 73.6 Å². The van der Waals surface area contributed by atoms with Crippen molar-refractivity contribution in [1.29, 1.82) is 0 Å². The molecule has 34 heavy (non-hydrogen) atoms. The second kappa shape index (κ2) is 8.39. The van der Waals surface area contributed by atoms with Gasteiger partial charge in [-0.3, -0.25) is 19.6 Å². The Balaban J connectivity index is 1.08. The normalized spacial score (nSPS) is 39.8. The molecule has 6 nitrogen and oxygen atoms in total. The summed E-state index contributed by atoms with van der Waals surface area (Å²) in [5, 5.41) is 3.97. The number of ether oxygens (including phenoxy) is 1. The lowest BCUT2D eigenvalue weighted by molar-refractivity contribution is -0.145. The van der Waals surface area contributed by atoms with Crippen molar-refractivity contribution >= 4 is 0 Å². The van der Waals surface area contributed by atoms with Gasteiger partial charge in [0.15, 0.2) is 0 Å². The largest absolute Gasteiger partial charge is 0.381 e. The maximum absolute atomic E-state index is 5.68. The topological polar surface area (TPSA) is 34.2 Å². The molecule has 0 aromatic heterocycles. The van der Waals surface area contributed by atoms with Gasteiger partial charge in [-0.05, 0) is 92.2 Å². The molecule has 0 aromatic carbocycles. The summed E-state index contributed by atoms with van der Waals surface area (Å²) in [6.07, 6.45) is 6.70. The molecule has 0 aliphatic carbocycles. The fraction of sp³-hybridized carbons (Fsp3) is 1.00. The molecular weight excluding hydrogens is 422 g/mol. The van der Waals surface area contributed by atoms with E-state index in [1.54, 1.807) is 0 Å². The van der Waals surface area contributed by atoms with Crippen LogP contribution in [-0.2, 0) is 4.74 Å². The van der Waals surface area contributed by atoms with Gasteiger partial charge < -0.3 is 10.1 Å². The standard InChI is InChI=1S/C28H51N5O/c1-20(2)32-16-22-15-21(32)17-33(22)27(5,6)31-18-23-25(24(19-31)29-23)26(3,4)30-11-7-28(8-12-30)9-13-34-14-10-28/h20-25,29H,7-19H2,1-6H3/t21-,22-,23?,24?,25?/m0/s1. The van der Waals surface area contributed by atoms with Crippen molar-refractivity contribution in [3.63, 3.8) is 0 Å². The summed E-state index contributed by atoms with van der Waals surface area (Å²) in [4.78, 5) is 11.3. The van der Waals surface area contributed by atoms with Gasteiger partial charge in [0.05, 0.1) is 5.66 Å². The Morgan fingerprint density at radius 2 is 1.47 bits per heavy atom. The molecule has 0 amide bonds. The Hall–Kier alpha value is -0.240. The van der Waals surface area contributed by atoms with Crippen LogP contribution >= 0.6 is 0 Å². The van der Waals surface area contributed by atoms with Crippen LogP contribution in [0.25, 0.3) is 0 Å². The first-order valence-electron chi connectivity index (χ1n) is 14.5. The fourth-order valence-electron chi connectivity index (χ4n) is 9.21. The summed E-state index contributed by atoms with van der Waals surface area (Å²) in [6, 6.07) is 3.47. The first kappa shape index (κ1) is 24.1. The molecule has 0 radical (unpaired) electrons.